The minimum Gasteiger partial charge on any atom is -0.507 e. The lowest BCUT2D eigenvalue weighted by Gasteiger charge is -2.09. The van der Waals surface area contributed by atoms with E-state index in [-0.39, 0.29) is 11.3 Å². The van der Waals surface area contributed by atoms with Gasteiger partial charge in [-0.1, -0.05) is 17.7 Å². The molecule has 0 aliphatic heterocycles. The van der Waals surface area contributed by atoms with E-state index in [0.29, 0.717) is 16.5 Å². The van der Waals surface area contributed by atoms with Gasteiger partial charge in [-0.2, -0.15) is 0 Å². The summed E-state index contributed by atoms with van der Waals surface area (Å²) in [6.07, 6.45) is 0. The zero-order chi connectivity index (χ0) is 17.7. The van der Waals surface area contributed by atoms with E-state index in [4.69, 9.17) is 21.1 Å². The number of aromatic hydroxyl groups is 1. The Bertz CT molecular complexity index is 776. The number of phenolic OH excluding ortho intramolecular Hbond substituents is 1. The number of nitrogens with one attached hydrogen (secondary N) is 1. The zero-order valence-electron chi connectivity index (χ0n) is 13.1. The monoisotopic (exact) mass is 349 g/mol. The van der Waals surface area contributed by atoms with E-state index in [0.717, 1.165) is 5.56 Å². The van der Waals surface area contributed by atoms with Crippen molar-refractivity contribution in [3.05, 3.63) is 52.5 Å². The Kier molecular flexibility index (Phi) is 5.65. The van der Waals surface area contributed by atoms with Gasteiger partial charge < -0.3 is 19.9 Å². The second-order valence-electron chi connectivity index (χ2n) is 4.99. The third-order valence-corrected chi connectivity index (χ3v) is 3.44. The molecule has 126 valence electrons. The van der Waals surface area contributed by atoms with Crippen LogP contribution in [0.4, 0.5) is 5.69 Å². The van der Waals surface area contributed by atoms with Gasteiger partial charge in [-0.05, 0) is 42.8 Å². The number of aryl methyl sites for hydroxylation is 1. The van der Waals surface area contributed by atoms with Crippen LogP contribution in [0.5, 0.6) is 11.5 Å². The van der Waals surface area contributed by atoms with Crippen LogP contribution in [0.2, 0.25) is 5.02 Å². The maximum atomic E-state index is 11.9. The number of halogens is 1. The molecule has 2 aromatic carbocycles. The fraction of sp³-hybridized carbons (Fsp3) is 0.176. The minimum absolute atomic E-state index is 0.000826. The number of ether oxygens (including phenoxy) is 2. The van der Waals surface area contributed by atoms with Crippen LogP contribution in [0.15, 0.2) is 36.4 Å². The van der Waals surface area contributed by atoms with Crippen molar-refractivity contribution in [2.45, 2.75) is 6.92 Å². The fourth-order valence-corrected chi connectivity index (χ4v) is 2.22. The lowest BCUT2D eigenvalue weighted by Crippen LogP contribution is -2.21. The van der Waals surface area contributed by atoms with Crippen molar-refractivity contribution in [3.63, 3.8) is 0 Å². The summed E-state index contributed by atoms with van der Waals surface area (Å²) in [5.74, 6) is -1.02. The molecule has 2 aromatic rings. The molecule has 2 rings (SSSR count). The average molecular weight is 350 g/mol. The number of hydrogen-bond acceptors (Lipinski definition) is 5. The van der Waals surface area contributed by atoms with Gasteiger partial charge in [-0.25, -0.2) is 4.79 Å². The Labute approximate surface area is 144 Å². The SMILES string of the molecule is COc1ccc(NC(=O)COC(=O)c2ccc(C)cc2O)cc1Cl. The summed E-state index contributed by atoms with van der Waals surface area (Å²) in [6, 6.07) is 9.27. The van der Waals surface area contributed by atoms with Crippen LogP contribution in [-0.2, 0) is 9.53 Å². The standard InChI is InChI=1S/C17H16ClNO5/c1-10-3-5-12(14(20)7-10)17(22)24-9-16(21)19-11-4-6-15(23-2)13(18)8-11/h3-8,20H,9H2,1-2H3,(H,19,21). The van der Waals surface area contributed by atoms with Gasteiger partial charge in [0, 0.05) is 5.69 Å². The van der Waals surface area contributed by atoms with E-state index in [9.17, 15) is 14.7 Å². The highest BCUT2D eigenvalue weighted by molar-refractivity contribution is 6.32. The molecule has 2 N–H and O–H groups in total. The second-order valence-corrected chi connectivity index (χ2v) is 5.40. The summed E-state index contributed by atoms with van der Waals surface area (Å²) in [6.45, 7) is 1.29. The molecule has 1 amide bonds. The van der Waals surface area contributed by atoms with Gasteiger partial charge in [0.05, 0.1) is 12.1 Å². The van der Waals surface area contributed by atoms with Crippen LogP contribution in [0, 0.1) is 6.92 Å². The smallest absolute Gasteiger partial charge is 0.342 e. The molecule has 6 nitrogen and oxygen atoms in total. The van der Waals surface area contributed by atoms with Crippen LogP contribution < -0.4 is 10.1 Å². The lowest BCUT2D eigenvalue weighted by atomic mass is 10.1. The molecule has 0 aliphatic carbocycles. The molecule has 24 heavy (non-hydrogen) atoms. The van der Waals surface area contributed by atoms with Crippen LogP contribution in [0.1, 0.15) is 15.9 Å². The average Bonchev–Trinajstić information content (AvgIpc) is 2.53. The number of phenols is 1. The minimum atomic E-state index is -0.782. The number of amides is 1. The van der Waals surface area contributed by atoms with E-state index < -0.39 is 18.5 Å². The Morgan fingerprint density at radius 1 is 1.21 bits per heavy atom. The van der Waals surface area contributed by atoms with Crippen LogP contribution in [0.25, 0.3) is 0 Å². The summed E-state index contributed by atoms with van der Waals surface area (Å²) >= 11 is 5.96. The third-order valence-electron chi connectivity index (χ3n) is 3.14. The molecule has 0 heterocycles. The Morgan fingerprint density at radius 3 is 2.58 bits per heavy atom. The highest BCUT2D eigenvalue weighted by Gasteiger charge is 2.14. The number of esters is 1. The Hall–Kier alpha value is -2.73. The van der Waals surface area contributed by atoms with Crippen molar-refractivity contribution in [3.8, 4) is 11.5 Å². The predicted octanol–water partition coefficient (Wildman–Crippen LogP) is 3.16. The normalized spacial score (nSPS) is 10.1. The van der Waals surface area contributed by atoms with Crippen LogP contribution in [-0.4, -0.2) is 30.7 Å². The first-order chi connectivity index (χ1) is 11.4. The zero-order valence-corrected chi connectivity index (χ0v) is 13.9. The molecule has 0 unspecified atom stereocenters. The number of carbonyl (C=O) groups excluding carboxylic acids is 2. The van der Waals surface area contributed by atoms with Crippen LogP contribution >= 0.6 is 11.6 Å². The summed E-state index contributed by atoms with van der Waals surface area (Å²) in [5, 5.41) is 12.6. The molecule has 0 saturated heterocycles. The van der Waals surface area contributed by atoms with Gasteiger partial charge in [-0.15, -0.1) is 0 Å². The maximum absolute atomic E-state index is 11.9. The van der Waals surface area contributed by atoms with Crippen molar-refractivity contribution >= 4 is 29.2 Å². The first kappa shape index (κ1) is 17.6. The quantitative estimate of drug-likeness (QED) is 0.810. The molecule has 0 fully saturated rings. The van der Waals surface area contributed by atoms with E-state index in [1.165, 1.54) is 25.3 Å². The van der Waals surface area contributed by atoms with Gasteiger partial charge in [0.25, 0.3) is 5.91 Å². The molecule has 0 aromatic heterocycles. The number of rotatable bonds is 5. The fourth-order valence-electron chi connectivity index (χ4n) is 1.96. The highest BCUT2D eigenvalue weighted by Crippen LogP contribution is 2.27. The second kappa shape index (κ2) is 7.70. The van der Waals surface area contributed by atoms with Gasteiger partial charge in [0.2, 0.25) is 0 Å². The molecule has 0 bridgehead atoms. The van der Waals surface area contributed by atoms with Crippen molar-refractivity contribution in [2.24, 2.45) is 0 Å². The third kappa shape index (κ3) is 4.39. The predicted molar refractivity (Wildman–Crippen MR) is 89.8 cm³/mol. The molecule has 0 saturated carbocycles. The first-order valence-electron chi connectivity index (χ1n) is 7.01. The number of methoxy groups -OCH3 is 1. The van der Waals surface area contributed by atoms with Gasteiger partial charge in [-0.3, -0.25) is 4.79 Å². The van der Waals surface area contributed by atoms with Crippen molar-refractivity contribution in [1.29, 1.82) is 0 Å². The number of anilines is 1. The van der Waals surface area contributed by atoms with Crippen molar-refractivity contribution in [1.82, 2.24) is 0 Å². The molecular formula is C17H16ClNO5. The van der Waals surface area contributed by atoms with E-state index in [2.05, 4.69) is 5.32 Å². The number of benzene rings is 2. The number of hydrogen-bond donors (Lipinski definition) is 2. The Balaban J connectivity index is 1.93. The number of carbonyl (C=O) groups is 2. The van der Waals surface area contributed by atoms with Gasteiger partial charge >= 0.3 is 5.97 Å². The van der Waals surface area contributed by atoms with Crippen molar-refractivity contribution in [2.75, 3.05) is 19.0 Å². The maximum Gasteiger partial charge on any atom is 0.342 e. The highest BCUT2D eigenvalue weighted by atomic mass is 35.5. The lowest BCUT2D eigenvalue weighted by molar-refractivity contribution is -0.119. The van der Waals surface area contributed by atoms with Gasteiger partial charge in [0.1, 0.15) is 17.1 Å². The largest absolute Gasteiger partial charge is 0.507 e. The molecular weight excluding hydrogens is 334 g/mol. The van der Waals surface area contributed by atoms with E-state index in [1.54, 1.807) is 25.1 Å². The summed E-state index contributed by atoms with van der Waals surface area (Å²) in [7, 11) is 1.49. The summed E-state index contributed by atoms with van der Waals surface area (Å²) < 4.78 is 9.90. The molecule has 7 heteroatoms. The molecule has 0 spiro atoms. The van der Waals surface area contributed by atoms with E-state index in [1.807, 2.05) is 0 Å². The first-order valence-corrected chi connectivity index (χ1v) is 7.38. The topological polar surface area (TPSA) is 84.9 Å². The molecule has 0 aliphatic rings. The van der Waals surface area contributed by atoms with Crippen LogP contribution in [0.3, 0.4) is 0 Å². The van der Waals surface area contributed by atoms with E-state index >= 15 is 0 Å². The summed E-state index contributed by atoms with van der Waals surface area (Å²) in [4.78, 5) is 23.7. The summed E-state index contributed by atoms with van der Waals surface area (Å²) in [5.41, 5.74) is 1.25. The Morgan fingerprint density at radius 2 is 1.96 bits per heavy atom. The molecule has 0 radical (unpaired) electrons. The van der Waals surface area contributed by atoms with Crippen molar-refractivity contribution < 1.29 is 24.2 Å². The van der Waals surface area contributed by atoms with Gasteiger partial charge in [0.15, 0.2) is 6.61 Å². The molecule has 0 atom stereocenters.